The highest BCUT2D eigenvalue weighted by Gasteiger charge is 2.28. The third-order valence-corrected chi connectivity index (χ3v) is 7.69. The van der Waals surface area contributed by atoms with Crippen LogP contribution in [-0.2, 0) is 10.0 Å². The molecule has 7 heteroatoms. The Balaban J connectivity index is 1.70. The van der Waals surface area contributed by atoms with Crippen LogP contribution in [0.5, 0.6) is 11.5 Å². The minimum Gasteiger partial charge on any atom is -0.497 e. The van der Waals surface area contributed by atoms with E-state index in [0.717, 1.165) is 0 Å². The molecule has 0 saturated heterocycles. The van der Waals surface area contributed by atoms with E-state index < -0.39 is 10.0 Å². The maximum atomic E-state index is 16.0. The van der Waals surface area contributed by atoms with Crippen molar-refractivity contribution in [1.29, 1.82) is 0 Å². The summed E-state index contributed by atoms with van der Waals surface area (Å²) in [5.41, 5.74) is 2.32. The molecule has 0 bridgehead atoms. The highest BCUT2D eigenvalue weighted by Crippen LogP contribution is 2.35. The van der Waals surface area contributed by atoms with E-state index in [2.05, 4.69) is 0 Å². The second-order valence-electron chi connectivity index (χ2n) is 7.80. The van der Waals surface area contributed by atoms with Crippen LogP contribution in [0.3, 0.4) is 0 Å². The monoisotopic (exact) mass is 479 g/mol. The van der Waals surface area contributed by atoms with Crippen molar-refractivity contribution >= 4 is 15.6 Å². The van der Waals surface area contributed by atoms with Crippen molar-refractivity contribution in [3.8, 4) is 11.5 Å². The number of ether oxygens (including phenoxy) is 2. The van der Waals surface area contributed by atoms with Crippen LogP contribution in [-0.4, -0.2) is 40.0 Å². The third kappa shape index (κ3) is 4.90. The molecule has 0 saturated carbocycles. The van der Waals surface area contributed by atoms with Crippen LogP contribution in [0.25, 0.3) is 5.57 Å². The van der Waals surface area contributed by atoms with Crippen molar-refractivity contribution in [2.75, 3.05) is 27.3 Å². The fourth-order valence-corrected chi connectivity index (χ4v) is 5.31. The van der Waals surface area contributed by atoms with Crippen LogP contribution in [0.1, 0.15) is 17.5 Å². The molecule has 4 rings (SSSR count). The third-order valence-electron chi connectivity index (χ3n) is 5.81. The normalized spacial score (nSPS) is 14.3. The van der Waals surface area contributed by atoms with Gasteiger partial charge in [-0.15, -0.1) is 0 Å². The fraction of sp³-hybridized carbons (Fsp3) is 0.185. The van der Waals surface area contributed by atoms with Gasteiger partial charge >= 0.3 is 0 Å². The summed E-state index contributed by atoms with van der Waals surface area (Å²) in [4.78, 5) is 0.236. The van der Waals surface area contributed by atoms with Gasteiger partial charge in [-0.1, -0.05) is 48.5 Å². The molecule has 1 aliphatic heterocycles. The average Bonchev–Trinajstić information content (AvgIpc) is 2.90. The summed E-state index contributed by atoms with van der Waals surface area (Å²) in [5.74, 6) is 0.987. The first kappa shape index (κ1) is 23.7. The zero-order chi connectivity index (χ0) is 24.1. The summed E-state index contributed by atoms with van der Waals surface area (Å²) in [7, 11) is -0.466. The molecule has 176 valence electrons. The van der Waals surface area contributed by atoms with E-state index >= 15 is 4.39 Å². The average molecular weight is 480 g/mol. The zero-order valence-corrected chi connectivity index (χ0v) is 19.9. The number of halogens is 1. The van der Waals surface area contributed by atoms with Gasteiger partial charge in [-0.25, -0.2) is 12.8 Å². The second kappa shape index (κ2) is 10.2. The molecule has 0 radical (unpaired) electrons. The molecule has 0 aromatic heterocycles. The molecule has 0 spiro atoms. The van der Waals surface area contributed by atoms with Gasteiger partial charge in [-0.05, 0) is 59.5 Å². The van der Waals surface area contributed by atoms with Gasteiger partial charge in [0.2, 0.25) is 10.0 Å². The molecular weight excluding hydrogens is 453 g/mol. The Morgan fingerprint density at radius 1 is 0.824 bits per heavy atom. The molecule has 34 heavy (non-hydrogen) atoms. The minimum atomic E-state index is -3.63. The Hall–Kier alpha value is -3.42. The number of nitrogens with zero attached hydrogens (tertiary/aromatic N) is 1. The van der Waals surface area contributed by atoms with Gasteiger partial charge in [0, 0.05) is 18.7 Å². The first-order chi connectivity index (χ1) is 16.4. The summed E-state index contributed by atoms with van der Waals surface area (Å²) >= 11 is 0. The first-order valence-corrected chi connectivity index (χ1v) is 12.3. The lowest BCUT2D eigenvalue weighted by molar-refractivity contribution is 0.414. The van der Waals surface area contributed by atoms with E-state index in [1.807, 2.05) is 24.3 Å². The summed E-state index contributed by atoms with van der Waals surface area (Å²) in [5, 5.41) is 0. The van der Waals surface area contributed by atoms with Crippen molar-refractivity contribution in [2.24, 2.45) is 0 Å². The van der Waals surface area contributed by atoms with E-state index in [1.54, 1.807) is 74.9 Å². The van der Waals surface area contributed by atoms with Gasteiger partial charge < -0.3 is 9.47 Å². The maximum absolute atomic E-state index is 16.0. The van der Waals surface area contributed by atoms with Gasteiger partial charge in [-0.3, -0.25) is 0 Å². The molecule has 0 amide bonds. The lowest BCUT2D eigenvalue weighted by Crippen LogP contribution is -2.35. The minimum absolute atomic E-state index is 0.110. The van der Waals surface area contributed by atoms with Gasteiger partial charge in [0.05, 0.1) is 19.1 Å². The highest BCUT2D eigenvalue weighted by atomic mass is 32.2. The standard InChI is InChI=1S/C27H26FNO4S/c1-32-23-12-8-20(9-13-23)26(21-10-14-24(33-2)15-11-21)27(28)22-16-18-29(19-17-22)34(30,31)25-6-4-3-5-7-25/h3-16H,17-19H2,1-2H3. The molecule has 0 unspecified atom stereocenters. The fourth-order valence-electron chi connectivity index (χ4n) is 3.91. The molecule has 0 atom stereocenters. The van der Waals surface area contributed by atoms with Gasteiger partial charge in [0.25, 0.3) is 0 Å². The Bertz CT molecular complexity index is 1250. The Kier molecular flexibility index (Phi) is 7.14. The van der Waals surface area contributed by atoms with Crippen molar-refractivity contribution < 1.29 is 22.3 Å². The van der Waals surface area contributed by atoms with Gasteiger partial charge in [0.1, 0.15) is 17.3 Å². The summed E-state index contributed by atoms with van der Waals surface area (Å²) < 4.78 is 53.7. The number of hydrogen-bond acceptors (Lipinski definition) is 4. The Labute approximate surface area is 199 Å². The summed E-state index contributed by atoms with van der Waals surface area (Å²) in [6, 6.07) is 22.7. The number of methoxy groups -OCH3 is 2. The molecule has 1 aliphatic rings. The van der Waals surface area contributed by atoms with Crippen LogP contribution in [0.2, 0.25) is 0 Å². The lowest BCUT2D eigenvalue weighted by Gasteiger charge is -2.26. The zero-order valence-electron chi connectivity index (χ0n) is 19.1. The molecule has 5 nitrogen and oxygen atoms in total. The van der Waals surface area contributed by atoms with Crippen molar-refractivity contribution in [2.45, 2.75) is 11.3 Å². The topological polar surface area (TPSA) is 55.8 Å². The summed E-state index contributed by atoms with van der Waals surface area (Å²) in [6.07, 6.45) is 1.93. The van der Waals surface area contributed by atoms with Crippen LogP contribution in [0, 0.1) is 0 Å². The molecule has 3 aromatic rings. The SMILES string of the molecule is COc1ccc(C(=C(F)C2=CCN(S(=O)(=O)c3ccccc3)CC2)c2ccc(OC)cc2)cc1. The molecular formula is C27H26FNO4S. The smallest absolute Gasteiger partial charge is 0.243 e. The molecule has 0 fully saturated rings. The van der Waals surface area contributed by atoms with Crippen molar-refractivity contribution in [3.05, 3.63) is 107 Å². The Morgan fingerprint density at radius 3 is 1.79 bits per heavy atom. The summed E-state index contributed by atoms with van der Waals surface area (Å²) in [6.45, 7) is 0.313. The lowest BCUT2D eigenvalue weighted by atomic mass is 9.93. The van der Waals surface area contributed by atoms with E-state index in [9.17, 15) is 8.42 Å². The predicted molar refractivity (Wildman–Crippen MR) is 131 cm³/mol. The second-order valence-corrected chi connectivity index (χ2v) is 9.74. The van der Waals surface area contributed by atoms with Gasteiger partial charge in [-0.2, -0.15) is 4.31 Å². The Morgan fingerprint density at radius 2 is 1.35 bits per heavy atom. The highest BCUT2D eigenvalue weighted by molar-refractivity contribution is 7.89. The first-order valence-electron chi connectivity index (χ1n) is 10.9. The van der Waals surface area contributed by atoms with Crippen LogP contribution >= 0.6 is 0 Å². The number of benzene rings is 3. The molecule has 0 N–H and O–H groups in total. The number of hydrogen-bond donors (Lipinski definition) is 0. The number of rotatable bonds is 7. The number of allylic oxidation sites excluding steroid dienone is 1. The van der Waals surface area contributed by atoms with Crippen molar-refractivity contribution in [1.82, 2.24) is 4.31 Å². The molecule has 1 heterocycles. The predicted octanol–water partition coefficient (Wildman–Crippen LogP) is 5.45. The number of sulfonamides is 1. The quantitative estimate of drug-likeness (QED) is 0.452. The van der Waals surface area contributed by atoms with E-state index in [-0.39, 0.29) is 30.2 Å². The van der Waals surface area contributed by atoms with Gasteiger partial charge in [0.15, 0.2) is 0 Å². The molecule has 0 aliphatic carbocycles. The van der Waals surface area contributed by atoms with E-state index in [4.69, 9.17) is 9.47 Å². The van der Waals surface area contributed by atoms with Crippen LogP contribution < -0.4 is 9.47 Å². The van der Waals surface area contributed by atoms with E-state index in [0.29, 0.717) is 33.8 Å². The van der Waals surface area contributed by atoms with Crippen LogP contribution in [0.15, 0.2) is 101 Å². The van der Waals surface area contributed by atoms with Crippen molar-refractivity contribution in [3.63, 3.8) is 0 Å². The largest absolute Gasteiger partial charge is 0.497 e. The van der Waals surface area contributed by atoms with Crippen LogP contribution in [0.4, 0.5) is 4.39 Å². The van der Waals surface area contributed by atoms with E-state index in [1.165, 1.54) is 4.31 Å². The maximum Gasteiger partial charge on any atom is 0.243 e. The molecule has 3 aromatic carbocycles.